The number of rotatable bonds is 7. The number of benzene rings is 5. The van der Waals surface area contributed by atoms with Gasteiger partial charge in [0, 0.05) is 7.05 Å². The fourth-order valence-corrected chi connectivity index (χ4v) is 5.18. The minimum absolute atomic E-state index is 0.193. The second kappa shape index (κ2) is 10.8. The third kappa shape index (κ3) is 5.06. The van der Waals surface area contributed by atoms with E-state index in [2.05, 4.69) is 0 Å². The number of ether oxygens (including phenoxy) is 3. The summed E-state index contributed by atoms with van der Waals surface area (Å²) >= 11 is 0. The van der Waals surface area contributed by atoms with Crippen molar-refractivity contribution < 1.29 is 33.4 Å². The monoisotopic (exact) mass is 596 g/mol. The summed E-state index contributed by atoms with van der Waals surface area (Å²) in [6.45, 7) is 2.02. The molecule has 5 aromatic rings. The predicted octanol–water partition coefficient (Wildman–Crippen LogP) is 7.40. The second-order valence-electron chi connectivity index (χ2n) is 10.6. The summed E-state index contributed by atoms with van der Waals surface area (Å²) in [4.78, 5) is 53.2. The van der Waals surface area contributed by atoms with Gasteiger partial charge in [-0.3, -0.25) is 24.1 Å². The number of carbonyl (C=O) groups is 4. The second-order valence-corrected chi connectivity index (χ2v) is 10.6. The minimum atomic E-state index is -0.491. The first-order valence-corrected chi connectivity index (χ1v) is 14.0. The van der Waals surface area contributed by atoms with Crippen molar-refractivity contribution in [2.75, 3.05) is 11.9 Å². The normalized spacial score (nSPS) is 13.6. The van der Waals surface area contributed by atoms with Crippen LogP contribution in [-0.4, -0.2) is 35.6 Å². The fraction of sp³-hybridized carbons (Fsp3) is 0.0556. The maximum absolute atomic E-state index is 13.4. The van der Waals surface area contributed by atoms with Gasteiger partial charge in [0.15, 0.2) is 0 Å². The van der Waals surface area contributed by atoms with E-state index in [9.17, 15) is 19.2 Å². The van der Waals surface area contributed by atoms with Gasteiger partial charge < -0.3 is 14.2 Å². The van der Waals surface area contributed by atoms with Crippen molar-refractivity contribution >= 4 is 29.3 Å². The lowest BCUT2D eigenvalue weighted by Gasteiger charge is -2.14. The van der Waals surface area contributed by atoms with E-state index in [1.54, 1.807) is 48.5 Å². The van der Waals surface area contributed by atoms with Crippen LogP contribution in [0.1, 0.15) is 47.0 Å². The smallest absolute Gasteiger partial charge is 0.266 e. The van der Waals surface area contributed by atoms with Crippen LogP contribution in [0.25, 0.3) is 0 Å². The molecule has 5 aromatic carbocycles. The van der Waals surface area contributed by atoms with Crippen LogP contribution in [0.3, 0.4) is 0 Å². The van der Waals surface area contributed by atoms with Crippen LogP contribution in [0.15, 0.2) is 109 Å². The lowest BCUT2D eigenvalue weighted by molar-refractivity contribution is 0.0692. The van der Waals surface area contributed by atoms with Crippen molar-refractivity contribution in [3.05, 3.63) is 137 Å². The van der Waals surface area contributed by atoms with E-state index in [0.717, 1.165) is 21.1 Å². The van der Waals surface area contributed by atoms with Crippen LogP contribution in [-0.2, 0) is 0 Å². The Kier molecular flexibility index (Phi) is 6.63. The third-order valence-electron chi connectivity index (χ3n) is 7.57. The van der Waals surface area contributed by atoms with Gasteiger partial charge in [-0.05, 0) is 104 Å². The summed E-state index contributed by atoms with van der Waals surface area (Å²) in [7, 11) is 1.42. The van der Waals surface area contributed by atoms with Gasteiger partial charge in [-0.1, -0.05) is 17.7 Å². The van der Waals surface area contributed by atoms with Crippen molar-refractivity contribution in [1.82, 2.24) is 4.90 Å². The largest absolute Gasteiger partial charge is 0.457 e. The van der Waals surface area contributed by atoms with Crippen molar-refractivity contribution in [2.45, 2.75) is 6.92 Å². The molecule has 0 bridgehead atoms. The highest BCUT2D eigenvalue weighted by molar-refractivity contribution is 6.34. The zero-order valence-corrected chi connectivity index (χ0v) is 24.1. The molecule has 220 valence electrons. The van der Waals surface area contributed by atoms with Crippen LogP contribution in [0.4, 0.5) is 5.69 Å². The fourth-order valence-electron chi connectivity index (χ4n) is 5.18. The number of hydrogen-bond acceptors (Lipinski definition) is 7. The van der Waals surface area contributed by atoms with Gasteiger partial charge in [0.1, 0.15) is 34.5 Å². The SMILES string of the molecule is Cc1ccc(Oc2ccc(Oc3ccc(N4C(=O)c5ccc(Oc6ccc7c(c6)C(=O)N(C)C7=O)cc5C4=O)cc3)cc2)cc1. The Morgan fingerprint density at radius 3 is 1.31 bits per heavy atom. The summed E-state index contributed by atoms with van der Waals surface area (Å²) in [5.74, 6) is 1.43. The number of fused-ring (bicyclic) bond motifs is 2. The topological polar surface area (TPSA) is 102 Å². The quantitative estimate of drug-likeness (QED) is 0.180. The lowest BCUT2D eigenvalue weighted by Crippen LogP contribution is -2.29. The number of aryl methyl sites for hydroxylation is 1. The molecule has 0 atom stereocenters. The first-order valence-electron chi connectivity index (χ1n) is 14.0. The molecule has 2 aliphatic rings. The van der Waals surface area contributed by atoms with Crippen LogP contribution in [0.5, 0.6) is 34.5 Å². The van der Waals surface area contributed by atoms with E-state index >= 15 is 0 Å². The van der Waals surface area contributed by atoms with E-state index in [0.29, 0.717) is 40.0 Å². The molecule has 9 nitrogen and oxygen atoms in total. The highest BCUT2D eigenvalue weighted by atomic mass is 16.5. The maximum atomic E-state index is 13.4. The molecular weight excluding hydrogens is 572 g/mol. The van der Waals surface area contributed by atoms with E-state index in [1.165, 1.54) is 31.3 Å². The Morgan fingerprint density at radius 2 is 0.778 bits per heavy atom. The standard InChI is InChI=1S/C36H24N2O7/c1-21-3-7-23(8-4-21)43-25-11-13-26(14-12-25)44-24-9-5-22(6-10-24)38-35(41)30-18-16-28(20-32(30)36(38)42)45-27-15-17-29-31(19-27)34(40)37(2)33(29)39/h3-20H,1-2H3. The van der Waals surface area contributed by atoms with Crippen molar-refractivity contribution in [3.8, 4) is 34.5 Å². The zero-order chi connectivity index (χ0) is 31.2. The molecule has 0 saturated heterocycles. The molecule has 0 saturated carbocycles. The number of amides is 4. The van der Waals surface area contributed by atoms with E-state index in [4.69, 9.17) is 14.2 Å². The molecule has 0 aromatic heterocycles. The number of imide groups is 2. The summed E-state index contributed by atoms with van der Waals surface area (Å²) in [6.07, 6.45) is 0. The summed E-state index contributed by atoms with van der Waals surface area (Å²) in [6, 6.07) is 30.8. The van der Waals surface area contributed by atoms with E-state index in [-0.39, 0.29) is 22.6 Å². The molecule has 9 heteroatoms. The molecular formula is C36H24N2O7. The molecule has 0 aliphatic carbocycles. The molecule has 0 unspecified atom stereocenters. The van der Waals surface area contributed by atoms with Gasteiger partial charge in [-0.2, -0.15) is 0 Å². The molecule has 7 rings (SSSR count). The zero-order valence-electron chi connectivity index (χ0n) is 24.1. The summed E-state index contributed by atoms with van der Waals surface area (Å²) in [5, 5.41) is 0. The van der Waals surface area contributed by atoms with Gasteiger partial charge in [0.25, 0.3) is 23.6 Å². The maximum Gasteiger partial charge on any atom is 0.266 e. The van der Waals surface area contributed by atoms with Crippen molar-refractivity contribution in [3.63, 3.8) is 0 Å². The number of anilines is 1. The van der Waals surface area contributed by atoms with Gasteiger partial charge in [-0.25, -0.2) is 4.90 Å². The van der Waals surface area contributed by atoms with Gasteiger partial charge in [-0.15, -0.1) is 0 Å². The van der Waals surface area contributed by atoms with Gasteiger partial charge in [0.05, 0.1) is 27.9 Å². The molecule has 0 N–H and O–H groups in total. The number of hydrogen-bond donors (Lipinski definition) is 0. The first-order chi connectivity index (χ1) is 21.7. The summed E-state index contributed by atoms with van der Waals surface area (Å²) in [5.41, 5.74) is 2.53. The number of carbonyl (C=O) groups excluding carboxylic acids is 4. The summed E-state index contributed by atoms with van der Waals surface area (Å²) < 4.78 is 17.7. The molecule has 4 amide bonds. The van der Waals surface area contributed by atoms with Crippen LogP contribution in [0, 0.1) is 6.92 Å². The van der Waals surface area contributed by atoms with Gasteiger partial charge in [0.2, 0.25) is 0 Å². The Balaban J connectivity index is 1.03. The average molecular weight is 597 g/mol. The van der Waals surface area contributed by atoms with Crippen LogP contribution < -0.4 is 19.1 Å². The third-order valence-corrected chi connectivity index (χ3v) is 7.57. The highest BCUT2D eigenvalue weighted by Gasteiger charge is 2.37. The predicted molar refractivity (Wildman–Crippen MR) is 165 cm³/mol. The van der Waals surface area contributed by atoms with Gasteiger partial charge >= 0.3 is 0 Å². The van der Waals surface area contributed by atoms with Crippen LogP contribution >= 0.6 is 0 Å². The molecule has 2 aliphatic heterocycles. The highest BCUT2D eigenvalue weighted by Crippen LogP contribution is 2.35. The average Bonchev–Trinajstić information content (AvgIpc) is 3.42. The Labute approximate surface area is 257 Å². The molecule has 0 radical (unpaired) electrons. The van der Waals surface area contributed by atoms with Crippen molar-refractivity contribution in [2.24, 2.45) is 0 Å². The molecule has 0 fully saturated rings. The molecule has 45 heavy (non-hydrogen) atoms. The minimum Gasteiger partial charge on any atom is -0.457 e. The Bertz CT molecular complexity index is 2020. The van der Waals surface area contributed by atoms with Crippen LogP contribution in [0.2, 0.25) is 0 Å². The number of nitrogens with zero attached hydrogens (tertiary/aromatic N) is 2. The molecule has 0 spiro atoms. The van der Waals surface area contributed by atoms with E-state index < -0.39 is 17.7 Å². The first kappa shape index (κ1) is 27.6. The lowest BCUT2D eigenvalue weighted by atomic mass is 10.1. The Morgan fingerprint density at radius 1 is 0.422 bits per heavy atom. The van der Waals surface area contributed by atoms with E-state index in [1.807, 2.05) is 43.3 Å². The van der Waals surface area contributed by atoms with Crippen molar-refractivity contribution in [1.29, 1.82) is 0 Å². The Hall–Kier alpha value is -6.22. The molecule has 2 heterocycles.